The van der Waals surface area contributed by atoms with Gasteiger partial charge in [0.1, 0.15) is 0 Å². The van der Waals surface area contributed by atoms with E-state index in [0.717, 1.165) is 5.92 Å². The monoisotopic (exact) mass is 238 g/mol. The molecule has 0 aliphatic rings. The van der Waals surface area contributed by atoms with Crippen molar-refractivity contribution in [2.24, 2.45) is 5.92 Å². The minimum Gasteiger partial charge on any atom is -0.0885 e. The predicted molar refractivity (Wildman–Crippen MR) is 80.4 cm³/mol. The molecule has 0 aromatic carbocycles. The highest BCUT2D eigenvalue weighted by Gasteiger charge is 1.94. The van der Waals surface area contributed by atoms with E-state index >= 15 is 0 Å². The molecule has 0 heterocycles. The summed E-state index contributed by atoms with van der Waals surface area (Å²) < 4.78 is 0. The molecule has 0 N–H and O–H groups in total. The number of allylic oxidation sites excluding steroid dienone is 2. The molecule has 0 aliphatic heterocycles. The van der Waals surface area contributed by atoms with Crippen LogP contribution in [-0.4, -0.2) is 0 Å². The first kappa shape index (κ1) is 16.7. The zero-order valence-corrected chi connectivity index (χ0v) is 12.5. The van der Waals surface area contributed by atoms with E-state index in [1.165, 1.54) is 70.6 Å². The van der Waals surface area contributed by atoms with Gasteiger partial charge in [0.2, 0.25) is 0 Å². The Bertz CT molecular complexity index is 155. The van der Waals surface area contributed by atoms with Crippen molar-refractivity contribution < 1.29 is 0 Å². The lowest BCUT2D eigenvalue weighted by atomic mass is 10.0. The lowest BCUT2D eigenvalue weighted by molar-refractivity contribution is 0.512. The van der Waals surface area contributed by atoms with Crippen molar-refractivity contribution in [3.8, 4) is 0 Å². The third-order valence-corrected chi connectivity index (χ3v) is 3.29. The lowest BCUT2D eigenvalue weighted by Crippen LogP contribution is -1.87. The Kier molecular flexibility index (Phi) is 13.6. The van der Waals surface area contributed by atoms with Crippen LogP contribution in [0.5, 0.6) is 0 Å². The maximum Gasteiger partial charge on any atom is -0.0351 e. The molecule has 0 rings (SSSR count). The summed E-state index contributed by atoms with van der Waals surface area (Å²) >= 11 is 0. The highest BCUT2D eigenvalue weighted by molar-refractivity contribution is 4.81. The van der Waals surface area contributed by atoms with Gasteiger partial charge in [0.15, 0.2) is 0 Å². The standard InChI is InChI=1S/C17H34/c1-4-5-6-7-8-9-10-11-12-13-14-15-16-17(2)3/h7-8,17H,4-6,9-16H2,1-3H3/b8-7+. The first-order chi connectivity index (χ1) is 8.27. The van der Waals surface area contributed by atoms with Gasteiger partial charge < -0.3 is 0 Å². The Morgan fingerprint density at radius 3 is 1.82 bits per heavy atom. The molecule has 0 radical (unpaired) electrons. The quantitative estimate of drug-likeness (QED) is 0.268. The summed E-state index contributed by atoms with van der Waals surface area (Å²) in [5, 5.41) is 0. The van der Waals surface area contributed by atoms with Crippen molar-refractivity contribution >= 4 is 0 Å². The molecule has 0 spiro atoms. The lowest BCUT2D eigenvalue weighted by Gasteiger charge is -2.03. The predicted octanol–water partition coefficient (Wildman–Crippen LogP) is 6.51. The Morgan fingerprint density at radius 2 is 1.24 bits per heavy atom. The first-order valence-electron chi connectivity index (χ1n) is 7.92. The molecule has 0 fully saturated rings. The van der Waals surface area contributed by atoms with Crippen LogP contribution in [0.25, 0.3) is 0 Å². The minimum absolute atomic E-state index is 0.892. The van der Waals surface area contributed by atoms with Gasteiger partial charge in [0.25, 0.3) is 0 Å². The van der Waals surface area contributed by atoms with Gasteiger partial charge in [-0.25, -0.2) is 0 Å². The van der Waals surface area contributed by atoms with Gasteiger partial charge in [-0.3, -0.25) is 0 Å². The van der Waals surface area contributed by atoms with Gasteiger partial charge in [-0.05, 0) is 25.2 Å². The normalized spacial score (nSPS) is 11.8. The molecule has 0 saturated carbocycles. The van der Waals surface area contributed by atoms with E-state index in [-0.39, 0.29) is 0 Å². The molecule has 17 heavy (non-hydrogen) atoms. The van der Waals surface area contributed by atoms with Gasteiger partial charge in [0.05, 0.1) is 0 Å². The number of unbranched alkanes of at least 4 members (excludes halogenated alkanes) is 8. The molecule has 0 atom stereocenters. The Hall–Kier alpha value is -0.260. The van der Waals surface area contributed by atoms with Crippen molar-refractivity contribution in [3.63, 3.8) is 0 Å². The van der Waals surface area contributed by atoms with Gasteiger partial charge in [-0.1, -0.05) is 84.3 Å². The van der Waals surface area contributed by atoms with Gasteiger partial charge in [-0.2, -0.15) is 0 Å². The number of hydrogen-bond donors (Lipinski definition) is 0. The minimum atomic E-state index is 0.892. The van der Waals surface area contributed by atoms with Crippen molar-refractivity contribution in [2.45, 2.75) is 91.4 Å². The summed E-state index contributed by atoms with van der Waals surface area (Å²) in [5.74, 6) is 0.892. The fourth-order valence-corrected chi connectivity index (χ4v) is 2.08. The molecule has 0 aromatic heterocycles. The van der Waals surface area contributed by atoms with Crippen molar-refractivity contribution in [1.29, 1.82) is 0 Å². The van der Waals surface area contributed by atoms with E-state index in [2.05, 4.69) is 32.9 Å². The van der Waals surface area contributed by atoms with Crippen molar-refractivity contribution in [3.05, 3.63) is 12.2 Å². The summed E-state index contributed by atoms with van der Waals surface area (Å²) in [7, 11) is 0. The van der Waals surface area contributed by atoms with E-state index in [1.54, 1.807) is 0 Å². The maximum atomic E-state index is 2.38. The molecule has 0 aliphatic carbocycles. The van der Waals surface area contributed by atoms with Crippen LogP contribution < -0.4 is 0 Å². The van der Waals surface area contributed by atoms with Crippen LogP contribution in [0, 0.1) is 5.92 Å². The molecule has 0 aromatic rings. The largest absolute Gasteiger partial charge is 0.0885 e. The summed E-state index contributed by atoms with van der Waals surface area (Å²) in [6, 6.07) is 0. The van der Waals surface area contributed by atoms with Crippen LogP contribution in [0.2, 0.25) is 0 Å². The smallest absolute Gasteiger partial charge is 0.0351 e. The second kappa shape index (κ2) is 13.8. The molecule has 0 saturated heterocycles. The fourth-order valence-electron chi connectivity index (χ4n) is 2.08. The van der Waals surface area contributed by atoms with Crippen LogP contribution >= 0.6 is 0 Å². The highest BCUT2D eigenvalue weighted by atomic mass is 14.0. The molecule has 0 heteroatoms. The van der Waals surface area contributed by atoms with Crippen LogP contribution in [0.15, 0.2) is 12.2 Å². The molecule has 0 nitrogen and oxygen atoms in total. The average Bonchev–Trinajstić information content (AvgIpc) is 2.30. The van der Waals surface area contributed by atoms with E-state index in [4.69, 9.17) is 0 Å². The van der Waals surface area contributed by atoms with Crippen molar-refractivity contribution in [1.82, 2.24) is 0 Å². The third kappa shape index (κ3) is 15.7. The summed E-state index contributed by atoms with van der Waals surface area (Å²) in [5.41, 5.74) is 0. The third-order valence-electron chi connectivity index (χ3n) is 3.29. The van der Waals surface area contributed by atoms with Gasteiger partial charge in [-0.15, -0.1) is 0 Å². The zero-order chi connectivity index (χ0) is 12.8. The Balaban J connectivity index is 3.01. The molecular formula is C17H34. The van der Waals surface area contributed by atoms with Crippen LogP contribution in [0.1, 0.15) is 91.4 Å². The number of hydrogen-bond acceptors (Lipinski definition) is 0. The van der Waals surface area contributed by atoms with Crippen LogP contribution in [0.4, 0.5) is 0 Å². The average molecular weight is 238 g/mol. The molecule has 0 bridgehead atoms. The summed E-state index contributed by atoms with van der Waals surface area (Å²) in [4.78, 5) is 0. The van der Waals surface area contributed by atoms with E-state index in [1.807, 2.05) is 0 Å². The maximum absolute atomic E-state index is 2.38. The molecule has 102 valence electrons. The van der Waals surface area contributed by atoms with Crippen LogP contribution in [-0.2, 0) is 0 Å². The first-order valence-corrected chi connectivity index (χ1v) is 7.92. The molecular weight excluding hydrogens is 204 g/mol. The van der Waals surface area contributed by atoms with E-state index < -0.39 is 0 Å². The second-order valence-corrected chi connectivity index (χ2v) is 5.71. The summed E-state index contributed by atoms with van der Waals surface area (Å²) in [6.45, 7) is 6.91. The Morgan fingerprint density at radius 1 is 0.706 bits per heavy atom. The SMILES string of the molecule is CCCC/C=C/CCCCCCCCC(C)C. The zero-order valence-electron chi connectivity index (χ0n) is 12.5. The Labute approximate surface area is 110 Å². The van der Waals surface area contributed by atoms with E-state index in [9.17, 15) is 0 Å². The van der Waals surface area contributed by atoms with E-state index in [0.29, 0.717) is 0 Å². The van der Waals surface area contributed by atoms with Gasteiger partial charge in [0, 0.05) is 0 Å². The summed E-state index contributed by atoms with van der Waals surface area (Å²) in [6.07, 6.45) is 20.0. The highest BCUT2D eigenvalue weighted by Crippen LogP contribution is 2.12. The molecule has 0 unspecified atom stereocenters. The topological polar surface area (TPSA) is 0 Å². The number of rotatable bonds is 12. The van der Waals surface area contributed by atoms with Crippen molar-refractivity contribution in [2.75, 3.05) is 0 Å². The van der Waals surface area contributed by atoms with Gasteiger partial charge >= 0.3 is 0 Å². The second-order valence-electron chi connectivity index (χ2n) is 5.71. The van der Waals surface area contributed by atoms with Crippen LogP contribution in [0.3, 0.4) is 0 Å². The molecule has 0 amide bonds. The fraction of sp³-hybridized carbons (Fsp3) is 0.882.